The topological polar surface area (TPSA) is 90.0 Å². The molecule has 8 heteroatoms. The molecule has 0 unspecified atom stereocenters. The average molecular weight is 482 g/mol. The van der Waals surface area contributed by atoms with Crippen molar-refractivity contribution in [3.05, 3.63) is 59.4 Å². The largest absolute Gasteiger partial charge is 0.485 e. The lowest BCUT2D eigenvalue weighted by molar-refractivity contribution is 0.0306. The molecule has 188 valence electrons. The number of rotatable bonds is 5. The molecule has 0 saturated heterocycles. The summed E-state index contributed by atoms with van der Waals surface area (Å²) in [6.45, 7) is 13.8. The summed E-state index contributed by atoms with van der Waals surface area (Å²) in [5.74, 6) is 0.464. The van der Waals surface area contributed by atoms with Crippen LogP contribution in [0, 0.1) is 6.92 Å². The van der Waals surface area contributed by atoms with Gasteiger partial charge in [0.15, 0.2) is 5.75 Å². The fourth-order valence-corrected chi connectivity index (χ4v) is 3.45. The predicted molar refractivity (Wildman–Crippen MR) is 135 cm³/mol. The zero-order valence-corrected chi connectivity index (χ0v) is 21.6. The van der Waals surface area contributed by atoms with Gasteiger partial charge in [0.05, 0.1) is 23.6 Å². The Morgan fingerprint density at radius 3 is 2.31 bits per heavy atom. The van der Waals surface area contributed by atoms with Gasteiger partial charge in [-0.05, 0) is 65.7 Å². The molecule has 1 aliphatic heterocycles. The minimum atomic E-state index is -0.651. The number of benzene rings is 1. The summed E-state index contributed by atoms with van der Waals surface area (Å²) in [5.41, 5.74) is 2.34. The van der Waals surface area contributed by atoms with E-state index in [2.05, 4.69) is 5.32 Å². The van der Waals surface area contributed by atoms with E-state index in [1.54, 1.807) is 31.7 Å². The molecule has 3 rings (SSSR count). The number of anilines is 1. The Morgan fingerprint density at radius 2 is 1.69 bits per heavy atom. The molecule has 1 N–H and O–H groups in total. The number of ether oxygens (including phenoxy) is 3. The SMILES string of the molecule is Cc1nc(C2=CCN(C(=O)OC(C)(C)C)C2)cc(NC(=O)OC(C)(C)C)c1OCc1ccccc1. The van der Waals surface area contributed by atoms with E-state index in [-0.39, 0.29) is 6.09 Å². The van der Waals surface area contributed by atoms with Gasteiger partial charge in [-0.2, -0.15) is 0 Å². The van der Waals surface area contributed by atoms with Crippen molar-refractivity contribution in [3.63, 3.8) is 0 Å². The molecule has 0 aliphatic carbocycles. The van der Waals surface area contributed by atoms with E-state index in [4.69, 9.17) is 19.2 Å². The minimum Gasteiger partial charge on any atom is -0.485 e. The first-order chi connectivity index (χ1) is 16.3. The van der Waals surface area contributed by atoms with Crippen LogP contribution in [0.25, 0.3) is 5.57 Å². The van der Waals surface area contributed by atoms with Crippen molar-refractivity contribution in [3.8, 4) is 5.75 Å². The van der Waals surface area contributed by atoms with Crippen molar-refractivity contribution < 1.29 is 23.8 Å². The maximum absolute atomic E-state index is 12.6. The van der Waals surface area contributed by atoms with Crippen LogP contribution in [-0.4, -0.2) is 46.4 Å². The van der Waals surface area contributed by atoms with Crippen LogP contribution in [0.2, 0.25) is 0 Å². The third-order valence-electron chi connectivity index (χ3n) is 4.90. The zero-order chi connectivity index (χ0) is 25.8. The summed E-state index contributed by atoms with van der Waals surface area (Å²) in [6.07, 6.45) is 0.970. The number of aromatic nitrogens is 1. The Bertz CT molecular complexity index is 1100. The van der Waals surface area contributed by atoms with Gasteiger partial charge in [-0.3, -0.25) is 5.32 Å². The first-order valence-electron chi connectivity index (χ1n) is 11.7. The predicted octanol–water partition coefficient (Wildman–Crippen LogP) is 5.95. The fraction of sp³-hybridized carbons (Fsp3) is 0.444. The standard InChI is InChI=1S/C27H35N3O5/c1-18-23(33-17-19-11-9-8-10-12-19)22(29-24(31)34-26(2,3)4)15-21(28-18)20-13-14-30(16-20)25(32)35-27(5,6)7/h8-13,15H,14,16-17H2,1-7H3,(H,28,29,31). The molecule has 0 atom stereocenters. The maximum atomic E-state index is 12.6. The number of carbonyl (C=O) groups excluding carboxylic acids is 2. The summed E-state index contributed by atoms with van der Waals surface area (Å²) >= 11 is 0. The van der Waals surface area contributed by atoms with Gasteiger partial charge in [0.25, 0.3) is 0 Å². The zero-order valence-electron chi connectivity index (χ0n) is 21.6. The number of aryl methyl sites for hydroxylation is 1. The molecule has 0 saturated carbocycles. The van der Waals surface area contributed by atoms with Crippen LogP contribution in [0.5, 0.6) is 5.75 Å². The number of pyridine rings is 1. The lowest BCUT2D eigenvalue weighted by Crippen LogP contribution is -2.35. The maximum Gasteiger partial charge on any atom is 0.412 e. The smallest absolute Gasteiger partial charge is 0.412 e. The third kappa shape index (κ3) is 7.73. The molecular formula is C27H35N3O5. The molecule has 2 amide bonds. The molecule has 35 heavy (non-hydrogen) atoms. The second-order valence-corrected chi connectivity index (χ2v) is 10.5. The second kappa shape index (κ2) is 10.4. The normalized spacial score (nSPS) is 13.8. The van der Waals surface area contributed by atoms with Crippen LogP contribution in [0.15, 0.2) is 42.5 Å². The number of hydrogen-bond donors (Lipinski definition) is 1. The van der Waals surface area contributed by atoms with Gasteiger partial charge in [0, 0.05) is 6.54 Å². The lowest BCUT2D eigenvalue weighted by Gasteiger charge is -2.24. The van der Waals surface area contributed by atoms with Gasteiger partial charge in [0.1, 0.15) is 17.8 Å². The number of amides is 2. The number of carbonyl (C=O) groups is 2. The molecular weight excluding hydrogens is 446 g/mol. The van der Waals surface area contributed by atoms with Gasteiger partial charge >= 0.3 is 12.2 Å². The Kier molecular flexibility index (Phi) is 7.73. The van der Waals surface area contributed by atoms with Crippen LogP contribution >= 0.6 is 0 Å². The van der Waals surface area contributed by atoms with E-state index < -0.39 is 17.3 Å². The van der Waals surface area contributed by atoms with E-state index in [0.717, 1.165) is 11.1 Å². The van der Waals surface area contributed by atoms with E-state index in [0.29, 0.717) is 42.5 Å². The van der Waals surface area contributed by atoms with Crippen molar-refractivity contribution in [1.29, 1.82) is 0 Å². The Morgan fingerprint density at radius 1 is 1.03 bits per heavy atom. The van der Waals surface area contributed by atoms with E-state index in [1.165, 1.54) is 0 Å². The van der Waals surface area contributed by atoms with Crippen molar-refractivity contribution >= 4 is 23.4 Å². The van der Waals surface area contributed by atoms with Gasteiger partial charge < -0.3 is 19.1 Å². The molecule has 2 heterocycles. The van der Waals surface area contributed by atoms with Crippen LogP contribution in [-0.2, 0) is 16.1 Å². The van der Waals surface area contributed by atoms with Crippen molar-refractivity contribution in [2.45, 2.75) is 66.3 Å². The Hall–Kier alpha value is -3.55. The summed E-state index contributed by atoms with van der Waals surface area (Å²) in [5, 5.41) is 2.81. The van der Waals surface area contributed by atoms with Gasteiger partial charge in [-0.25, -0.2) is 14.6 Å². The molecule has 0 spiro atoms. The van der Waals surface area contributed by atoms with E-state index in [1.807, 2.05) is 64.1 Å². The lowest BCUT2D eigenvalue weighted by atomic mass is 10.1. The van der Waals surface area contributed by atoms with Crippen LogP contribution in [0.3, 0.4) is 0 Å². The van der Waals surface area contributed by atoms with Crippen LogP contribution < -0.4 is 10.1 Å². The molecule has 2 aromatic rings. The molecule has 1 aromatic heterocycles. The highest BCUT2D eigenvalue weighted by molar-refractivity contribution is 5.88. The molecule has 1 aromatic carbocycles. The van der Waals surface area contributed by atoms with Crippen LogP contribution in [0.1, 0.15) is 58.5 Å². The highest BCUT2D eigenvalue weighted by atomic mass is 16.6. The summed E-state index contributed by atoms with van der Waals surface area (Å²) in [6, 6.07) is 11.5. The molecule has 1 aliphatic rings. The second-order valence-electron chi connectivity index (χ2n) is 10.5. The molecule has 8 nitrogen and oxygen atoms in total. The monoisotopic (exact) mass is 481 g/mol. The third-order valence-corrected chi connectivity index (χ3v) is 4.90. The first kappa shape index (κ1) is 26.1. The Balaban J connectivity index is 1.84. The number of nitrogens with one attached hydrogen (secondary N) is 1. The van der Waals surface area contributed by atoms with E-state index >= 15 is 0 Å². The number of nitrogens with zero attached hydrogens (tertiary/aromatic N) is 2. The summed E-state index contributed by atoms with van der Waals surface area (Å²) in [7, 11) is 0. The Labute approximate surface area is 207 Å². The molecule has 0 radical (unpaired) electrons. The van der Waals surface area contributed by atoms with Crippen molar-refractivity contribution in [2.24, 2.45) is 0 Å². The van der Waals surface area contributed by atoms with Crippen LogP contribution in [0.4, 0.5) is 15.3 Å². The van der Waals surface area contributed by atoms with Crippen molar-refractivity contribution in [2.75, 3.05) is 18.4 Å². The number of hydrogen-bond acceptors (Lipinski definition) is 6. The minimum absolute atomic E-state index is 0.320. The fourth-order valence-electron chi connectivity index (χ4n) is 3.45. The highest BCUT2D eigenvalue weighted by Gasteiger charge is 2.27. The van der Waals surface area contributed by atoms with Gasteiger partial charge in [-0.15, -0.1) is 0 Å². The first-order valence-corrected chi connectivity index (χ1v) is 11.7. The highest BCUT2D eigenvalue weighted by Crippen LogP contribution is 2.33. The van der Waals surface area contributed by atoms with Crippen molar-refractivity contribution in [1.82, 2.24) is 9.88 Å². The van der Waals surface area contributed by atoms with Gasteiger partial charge in [-0.1, -0.05) is 36.4 Å². The van der Waals surface area contributed by atoms with E-state index in [9.17, 15) is 9.59 Å². The van der Waals surface area contributed by atoms with Gasteiger partial charge in [0.2, 0.25) is 0 Å². The summed E-state index contributed by atoms with van der Waals surface area (Å²) in [4.78, 5) is 31.4. The molecule has 0 bridgehead atoms. The average Bonchev–Trinajstić information content (AvgIpc) is 3.22. The molecule has 0 fully saturated rings. The quantitative estimate of drug-likeness (QED) is 0.568. The summed E-state index contributed by atoms with van der Waals surface area (Å²) < 4.78 is 17.0.